The van der Waals surface area contributed by atoms with Crippen molar-refractivity contribution in [1.29, 1.82) is 0 Å². The predicted octanol–water partition coefficient (Wildman–Crippen LogP) is 1.84. The SMILES string of the molecule is C#CC(=O)NCc1cnn(Cc2cc(OC)c3c(NS(=O)(=O)c4cc(C(=O)O)ccc4OC)noc3c2)c1. The first kappa shape index (κ1) is 26.0. The lowest BCUT2D eigenvalue weighted by Gasteiger charge is -2.12. The lowest BCUT2D eigenvalue weighted by Crippen LogP contribution is -2.20. The van der Waals surface area contributed by atoms with Crippen LogP contribution in [0.3, 0.4) is 0 Å². The Morgan fingerprint density at radius 1 is 1.16 bits per heavy atom. The normalized spacial score (nSPS) is 11.1. The topological polar surface area (TPSA) is 175 Å². The summed E-state index contributed by atoms with van der Waals surface area (Å²) in [5, 5.41) is 20.2. The van der Waals surface area contributed by atoms with Gasteiger partial charge in [-0.2, -0.15) is 5.10 Å². The molecule has 38 heavy (non-hydrogen) atoms. The number of carbonyl (C=O) groups is 2. The minimum atomic E-state index is -4.34. The van der Waals surface area contributed by atoms with E-state index in [1.807, 2.05) is 5.92 Å². The van der Waals surface area contributed by atoms with Gasteiger partial charge < -0.3 is 24.4 Å². The summed E-state index contributed by atoms with van der Waals surface area (Å²) in [6, 6.07) is 6.78. The van der Waals surface area contributed by atoms with E-state index >= 15 is 0 Å². The molecule has 2 aromatic carbocycles. The number of carbonyl (C=O) groups excluding carboxylic acids is 1. The number of aromatic nitrogens is 3. The number of methoxy groups -OCH3 is 2. The highest BCUT2D eigenvalue weighted by atomic mass is 32.2. The molecule has 4 aromatic rings. The number of ether oxygens (including phenoxy) is 2. The van der Waals surface area contributed by atoms with Crippen molar-refractivity contribution in [2.24, 2.45) is 0 Å². The average Bonchev–Trinajstić information content (AvgIpc) is 3.52. The van der Waals surface area contributed by atoms with Gasteiger partial charge in [-0.25, -0.2) is 13.2 Å². The summed E-state index contributed by atoms with van der Waals surface area (Å²) in [5.41, 5.74) is 1.44. The third-order valence-corrected chi connectivity index (χ3v) is 6.72. The first-order chi connectivity index (χ1) is 18.1. The molecule has 0 spiro atoms. The lowest BCUT2D eigenvalue weighted by molar-refractivity contribution is -0.115. The van der Waals surface area contributed by atoms with Crippen LogP contribution in [0.4, 0.5) is 5.82 Å². The Bertz CT molecular complexity index is 1680. The number of sulfonamides is 1. The zero-order chi connectivity index (χ0) is 27.4. The molecule has 0 saturated carbocycles. The molecule has 1 amide bonds. The van der Waals surface area contributed by atoms with Crippen LogP contribution in [-0.2, 0) is 27.9 Å². The van der Waals surface area contributed by atoms with E-state index in [1.165, 1.54) is 26.4 Å². The highest BCUT2D eigenvalue weighted by Gasteiger charge is 2.26. The second-order valence-electron chi connectivity index (χ2n) is 7.85. The van der Waals surface area contributed by atoms with Crippen molar-refractivity contribution < 1.29 is 37.1 Å². The Kier molecular flexibility index (Phi) is 7.22. The summed E-state index contributed by atoms with van der Waals surface area (Å²) in [6.07, 6.45) is 8.35. The number of hydrogen-bond donors (Lipinski definition) is 3. The zero-order valence-electron chi connectivity index (χ0n) is 20.1. The predicted molar refractivity (Wildman–Crippen MR) is 133 cm³/mol. The summed E-state index contributed by atoms with van der Waals surface area (Å²) in [6.45, 7) is 0.521. The fraction of sp³-hybridized carbons (Fsp3) is 0.167. The van der Waals surface area contributed by atoms with Crippen molar-refractivity contribution in [3.8, 4) is 23.8 Å². The minimum Gasteiger partial charge on any atom is -0.496 e. The van der Waals surface area contributed by atoms with Crippen LogP contribution in [0.2, 0.25) is 0 Å². The van der Waals surface area contributed by atoms with Crippen LogP contribution in [0.5, 0.6) is 11.5 Å². The third kappa shape index (κ3) is 5.37. The largest absolute Gasteiger partial charge is 0.496 e. The second kappa shape index (κ2) is 10.5. The molecule has 0 unspecified atom stereocenters. The molecule has 0 radical (unpaired) electrons. The molecular formula is C24H21N5O8S. The zero-order valence-corrected chi connectivity index (χ0v) is 20.9. The number of nitrogens with one attached hydrogen (secondary N) is 2. The van der Waals surface area contributed by atoms with Crippen molar-refractivity contribution in [3.05, 3.63) is 59.4 Å². The van der Waals surface area contributed by atoms with Crippen LogP contribution in [-0.4, -0.2) is 54.6 Å². The molecule has 4 rings (SSSR count). The molecular weight excluding hydrogens is 518 g/mol. The van der Waals surface area contributed by atoms with E-state index in [0.29, 0.717) is 12.1 Å². The maximum atomic E-state index is 13.2. The Balaban J connectivity index is 1.62. The monoisotopic (exact) mass is 539 g/mol. The second-order valence-corrected chi connectivity index (χ2v) is 9.50. The standard InChI is InChI=1S/C24H21N5O8S/c1-4-21(30)25-10-15-11-26-29(13-15)12-14-7-18(36-3)22-19(8-14)37-27-23(22)28-38(33,34)20-9-16(24(31)32)5-6-17(20)35-2/h1,5-9,11,13H,10,12H2,2-3H3,(H,25,30)(H,27,28)(H,31,32). The molecule has 2 aromatic heterocycles. The van der Waals surface area contributed by atoms with Crippen molar-refractivity contribution in [2.75, 3.05) is 18.9 Å². The molecule has 0 saturated heterocycles. The van der Waals surface area contributed by atoms with Gasteiger partial charge in [0, 0.05) is 18.3 Å². The third-order valence-electron chi connectivity index (χ3n) is 5.36. The van der Waals surface area contributed by atoms with Gasteiger partial charge in [0.2, 0.25) is 0 Å². The summed E-state index contributed by atoms with van der Waals surface area (Å²) < 4.78 is 46.2. The van der Waals surface area contributed by atoms with Crippen LogP contribution in [0, 0.1) is 12.3 Å². The van der Waals surface area contributed by atoms with Gasteiger partial charge in [0.05, 0.1) is 32.5 Å². The highest BCUT2D eigenvalue weighted by molar-refractivity contribution is 7.92. The van der Waals surface area contributed by atoms with E-state index in [0.717, 1.165) is 11.6 Å². The number of carboxylic acid groups (broad SMARTS) is 1. The Hall–Kier alpha value is -5.03. The van der Waals surface area contributed by atoms with Gasteiger partial charge in [0.1, 0.15) is 21.8 Å². The van der Waals surface area contributed by atoms with Gasteiger partial charge in [0.25, 0.3) is 15.9 Å². The number of hydrogen-bond acceptors (Lipinski definition) is 9. The van der Waals surface area contributed by atoms with E-state index in [2.05, 4.69) is 20.3 Å². The molecule has 0 aliphatic rings. The van der Waals surface area contributed by atoms with Gasteiger partial charge in [0.15, 0.2) is 11.4 Å². The first-order valence-corrected chi connectivity index (χ1v) is 12.3. The van der Waals surface area contributed by atoms with Gasteiger partial charge >= 0.3 is 5.97 Å². The van der Waals surface area contributed by atoms with Crippen LogP contribution in [0.25, 0.3) is 11.0 Å². The van der Waals surface area contributed by atoms with Crippen LogP contribution in [0.1, 0.15) is 21.5 Å². The summed E-state index contributed by atoms with van der Waals surface area (Å²) in [4.78, 5) is 22.2. The fourth-order valence-corrected chi connectivity index (χ4v) is 4.82. The van der Waals surface area contributed by atoms with Crippen molar-refractivity contribution >= 4 is 38.7 Å². The van der Waals surface area contributed by atoms with E-state index in [4.69, 9.17) is 20.4 Å². The average molecular weight is 540 g/mol. The number of nitrogens with zero attached hydrogens (tertiary/aromatic N) is 3. The van der Waals surface area contributed by atoms with Crippen LogP contribution >= 0.6 is 0 Å². The van der Waals surface area contributed by atoms with Crippen molar-refractivity contribution in [1.82, 2.24) is 20.3 Å². The smallest absolute Gasteiger partial charge is 0.335 e. The fourth-order valence-electron chi connectivity index (χ4n) is 3.62. The lowest BCUT2D eigenvalue weighted by atomic mass is 10.1. The number of amides is 1. The molecule has 0 aliphatic heterocycles. The Labute approximate surface area is 216 Å². The van der Waals surface area contributed by atoms with Gasteiger partial charge in [-0.15, -0.1) is 6.42 Å². The Morgan fingerprint density at radius 2 is 1.92 bits per heavy atom. The van der Waals surface area contributed by atoms with E-state index < -0.39 is 21.9 Å². The van der Waals surface area contributed by atoms with Gasteiger partial charge in [-0.3, -0.25) is 14.2 Å². The highest BCUT2D eigenvalue weighted by Crippen LogP contribution is 2.36. The molecule has 14 heteroatoms. The minimum absolute atomic E-state index is 0.0537. The van der Waals surface area contributed by atoms with E-state index in [9.17, 15) is 23.1 Å². The molecule has 0 fully saturated rings. The maximum absolute atomic E-state index is 13.2. The maximum Gasteiger partial charge on any atom is 0.335 e. The summed E-state index contributed by atoms with van der Waals surface area (Å²) in [5.74, 6) is 0.205. The molecule has 0 bridgehead atoms. The van der Waals surface area contributed by atoms with E-state index in [-0.39, 0.29) is 45.3 Å². The van der Waals surface area contributed by atoms with E-state index in [1.54, 1.807) is 29.2 Å². The number of aromatic carboxylic acids is 1. The number of benzene rings is 2. The van der Waals surface area contributed by atoms with Gasteiger partial charge in [-0.05, 0) is 41.8 Å². The van der Waals surface area contributed by atoms with Crippen molar-refractivity contribution in [3.63, 3.8) is 0 Å². The number of fused-ring (bicyclic) bond motifs is 1. The molecule has 196 valence electrons. The molecule has 13 nitrogen and oxygen atoms in total. The Morgan fingerprint density at radius 3 is 2.61 bits per heavy atom. The number of carboxylic acids is 1. The number of anilines is 1. The van der Waals surface area contributed by atoms with Crippen molar-refractivity contribution in [2.45, 2.75) is 18.0 Å². The first-order valence-electron chi connectivity index (χ1n) is 10.8. The molecule has 0 aliphatic carbocycles. The molecule has 3 N–H and O–H groups in total. The number of terminal acetylenes is 1. The summed E-state index contributed by atoms with van der Waals surface area (Å²) >= 11 is 0. The molecule has 2 heterocycles. The van der Waals surface area contributed by atoms with Crippen LogP contribution in [0.15, 0.2) is 52.1 Å². The number of rotatable bonds is 10. The quantitative estimate of drug-likeness (QED) is 0.252. The molecule has 0 atom stereocenters. The van der Waals surface area contributed by atoms with Crippen LogP contribution < -0.4 is 19.5 Å². The summed E-state index contributed by atoms with van der Waals surface area (Å²) in [7, 11) is -1.67. The van der Waals surface area contributed by atoms with Gasteiger partial charge in [-0.1, -0.05) is 5.16 Å².